The molecule has 2 amide bonds. The van der Waals surface area contributed by atoms with Gasteiger partial charge in [0.15, 0.2) is 0 Å². The number of fused-ring (bicyclic) bond motifs is 3. The molecule has 3 unspecified atom stereocenters. The molecule has 7 nitrogen and oxygen atoms in total. The summed E-state index contributed by atoms with van der Waals surface area (Å²) in [6.45, 7) is 9.05. The van der Waals surface area contributed by atoms with Crippen LogP contribution < -0.4 is 10.6 Å². The number of carboxylic acids is 1. The summed E-state index contributed by atoms with van der Waals surface area (Å²) < 4.78 is 5.58. The summed E-state index contributed by atoms with van der Waals surface area (Å²) in [5.41, 5.74) is 4.49. The maximum atomic E-state index is 12.9. The fourth-order valence-electron chi connectivity index (χ4n) is 4.78. The number of rotatable bonds is 9. The van der Waals surface area contributed by atoms with Crippen molar-refractivity contribution in [3.8, 4) is 11.1 Å². The van der Waals surface area contributed by atoms with Gasteiger partial charge in [0.2, 0.25) is 5.91 Å². The molecule has 0 saturated heterocycles. The van der Waals surface area contributed by atoms with E-state index in [9.17, 15) is 19.5 Å². The minimum atomic E-state index is -0.964. The molecular formula is C27H34N2O5. The number of carbonyl (C=O) groups excluding carboxylic acids is 2. The van der Waals surface area contributed by atoms with Crippen LogP contribution in [0, 0.1) is 17.8 Å². The summed E-state index contributed by atoms with van der Waals surface area (Å²) in [6.07, 6.45) is -0.679. The molecule has 0 spiro atoms. The molecule has 1 aliphatic carbocycles. The molecule has 1 aliphatic rings. The van der Waals surface area contributed by atoms with E-state index in [1.165, 1.54) is 0 Å². The van der Waals surface area contributed by atoms with Crippen LogP contribution in [0.5, 0.6) is 0 Å². The lowest BCUT2D eigenvalue weighted by molar-refractivity contribution is -0.144. The molecule has 0 bridgehead atoms. The van der Waals surface area contributed by atoms with Crippen molar-refractivity contribution in [3.05, 3.63) is 59.7 Å². The SMILES string of the molecule is CC(C)C(NC(=O)OCC1c2ccccc2-c2ccccc21)C(=O)NC(C)C(C(=O)O)C(C)C. The summed E-state index contributed by atoms with van der Waals surface area (Å²) in [4.78, 5) is 37.2. The first-order valence-electron chi connectivity index (χ1n) is 11.8. The van der Waals surface area contributed by atoms with Crippen molar-refractivity contribution in [1.82, 2.24) is 10.6 Å². The van der Waals surface area contributed by atoms with Gasteiger partial charge in [-0.2, -0.15) is 0 Å². The van der Waals surface area contributed by atoms with Gasteiger partial charge >= 0.3 is 12.1 Å². The Bertz CT molecular complexity index is 1000. The zero-order valence-corrected chi connectivity index (χ0v) is 20.4. The number of hydrogen-bond acceptors (Lipinski definition) is 4. The van der Waals surface area contributed by atoms with E-state index in [4.69, 9.17) is 4.74 Å². The fourth-order valence-corrected chi connectivity index (χ4v) is 4.78. The van der Waals surface area contributed by atoms with Crippen molar-refractivity contribution in [2.75, 3.05) is 6.61 Å². The molecule has 3 N–H and O–H groups in total. The lowest BCUT2D eigenvalue weighted by Crippen LogP contribution is -2.54. The van der Waals surface area contributed by atoms with Crippen molar-refractivity contribution in [2.24, 2.45) is 17.8 Å². The minimum Gasteiger partial charge on any atom is -0.481 e. The smallest absolute Gasteiger partial charge is 0.407 e. The average Bonchev–Trinajstić information content (AvgIpc) is 3.09. The van der Waals surface area contributed by atoms with Crippen LogP contribution in [0.25, 0.3) is 11.1 Å². The molecule has 0 aromatic heterocycles. The zero-order chi connectivity index (χ0) is 25.0. The molecule has 2 aromatic rings. The van der Waals surface area contributed by atoms with Gasteiger partial charge in [-0.3, -0.25) is 9.59 Å². The van der Waals surface area contributed by atoms with Crippen molar-refractivity contribution >= 4 is 18.0 Å². The molecule has 3 rings (SSSR count). The van der Waals surface area contributed by atoms with Gasteiger partial charge < -0.3 is 20.5 Å². The highest BCUT2D eigenvalue weighted by atomic mass is 16.5. The first kappa shape index (κ1) is 25.3. The average molecular weight is 467 g/mol. The Morgan fingerprint density at radius 2 is 1.38 bits per heavy atom. The summed E-state index contributed by atoms with van der Waals surface area (Å²) in [5.74, 6) is -2.57. The number of carbonyl (C=O) groups is 3. The van der Waals surface area contributed by atoms with Crippen LogP contribution in [0.3, 0.4) is 0 Å². The Balaban J connectivity index is 1.65. The fraction of sp³-hybridized carbons (Fsp3) is 0.444. The number of alkyl carbamates (subject to hydrolysis) is 1. The Morgan fingerprint density at radius 1 is 0.853 bits per heavy atom. The monoisotopic (exact) mass is 466 g/mol. The number of benzene rings is 2. The summed E-state index contributed by atoms with van der Waals surface area (Å²) >= 11 is 0. The molecule has 0 saturated carbocycles. The van der Waals surface area contributed by atoms with Crippen LogP contribution >= 0.6 is 0 Å². The first-order chi connectivity index (χ1) is 16.1. The van der Waals surface area contributed by atoms with Gasteiger partial charge in [-0.1, -0.05) is 76.2 Å². The molecule has 0 radical (unpaired) electrons. The number of nitrogens with one attached hydrogen (secondary N) is 2. The number of aliphatic carboxylic acids is 1. The molecule has 3 atom stereocenters. The van der Waals surface area contributed by atoms with Crippen molar-refractivity contribution in [3.63, 3.8) is 0 Å². The standard InChI is InChI=1S/C27H34N2O5/c1-15(2)23(26(31)32)17(5)28-25(30)24(16(3)4)29-27(33)34-14-22-20-12-8-6-10-18(20)19-11-7-9-13-21(19)22/h6-13,15-17,22-24H,14H2,1-5H3,(H,28,30)(H,29,33)(H,31,32). The van der Waals surface area contributed by atoms with Crippen molar-refractivity contribution in [2.45, 2.75) is 52.6 Å². The predicted molar refractivity (Wildman–Crippen MR) is 130 cm³/mol. The summed E-state index contributed by atoms with van der Waals surface area (Å²) in [5, 5.41) is 14.9. The van der Waals surface area contributed by atoms with E-state index in [2.05, 4.69) is 22.8 Å². The van der Waals surface area contributed by atoms with Crippen LogP contribution in [-0.4, -0.2) is 41.8 Å². The molecule has 34 heavy (non-hydrogen) atoms. The third-order valence-corrected chi connectivity index (χ3v) is 6.48. The largest absolute Gasteiger partial charge is 0.481 e. The normalized spacial score (nSPS) is 15.3. The highest BCUT2D eigenvalue weighted by molar-refractivity contribution is 5.86. The Morgan fingerprint density at radius 3 is 1.85 bits per heavy atom. The van der Waals surface area contributed by atoms with Gasteiger partial charge in [0, 0.05) is 12.0 Å². The van der Waals surface area contributed by atoms with Gasteiger partial charge in [0.05, 0.1) is 5.92 Å². The van der Waals surface area contributed by atoms with Crippen molar-refractivity contribution < 1.29 is 24.2 Å². The van der Waals surface area contributed by atoms with Crippen LogP contribution in [0.2, 0.25) is 0 Å². The Hall–Kier alpha value is -3.35. The molecule has 182 valence electrons. The van der Waals surface area contributed by atoms with E-state index >= 15 is 0 Å². The topological polar surface area (TPSA) is 105 Å². The maximum absolute atomic E-state index is 12.9. The second-order valence-corrected chi connectivity index (χ2v) is 9.60. The van der Waals surface area contributed by atoms with E-state index in [1.54, 1.807) is 20.8 Å². The third kappa shape index (κ3) is 5.41. The zero-order valence-electron chi connectivity index (χ0n) is 20.4. The van der Waals surface area contributed by atoms with Gasteiger partial charge in [-0.05, 0) is 41.0 Å². The second kappa shape index (κ2) is 10.7. The Kier molecular flexibility index (Phi) is 7.97. The molecule has 0 aliphatic heterocycles. The Labute approximate surface area is 200 Å². The quantitative estimate of drug-likeness (QED) is 0.508. The van der Waals surface area contributed by atoms with Crippen LogP contribution in [0.15, 0.2) is 48.5 Å². The highest BCUT2D eigenvalue weighted by Gasteiger charge is 2.33. The highest BCUT2D eigenvalue weighted by Crippen LogP contribution is 2.44. The molecule has 7 heteroatoms. The lowest BCUT2D eigenvalue weighted by Gasteiger charge is -2.28. The molecular weight excluding hydrogens is 432 g/mol. The molecule has 0 fully saturated rings. The van der Waals surface area contributed by atoms with Crippen molar-refractivity contribution in [1.29, 1.82) is 0 Å². The summed E-state index contributed by atoms with van der Waals surface area (Å²) in [7, 11) is 0. The minimum absolute atomic E-state index is 0.0770. The maximum Gasteiger partial charge on any atom is 0.407 e. The van der Waals surface area contributed by atoms with Gasteiger partial charge in [-0.15, -0.1) is 0 Å². The van der Waals surface area contributed by atoms with Gasteiger partial charge in [0.25, 0.3) is 0 Å². The van der Waals surface area contributed by atoms with Crippen LogP contribution in [0.4, 0.5) is 4.79 Å². The number of carboxylic acid groups (broad SMARTS) is 1. The van der Waals surface area contributed by atoms with E-state index < -0.39 is 36.0 Å². The number of amides is 2. The predicted octanol–water partition coefficient (Wildman–Crippen LogP) is 4.41. The van der Waals surface area contributed by atoms with E-state index in [0.717, 1.165) is 22.3 Å². The van der Waals surface area contributed by atoms with Crippen LogP contribution in [-0.2, 0) is 14.3 Å². The lowest BCUT2D eigenvalue weighted by atomic mass is 9.89. The molecule has 0 heterocycles. The van der Waals surface area contributed by atoms with E-state index in [1.807, 2.05) is 50.2 Å². The second-order valence-electron chi connectivity index (χ2n) is 9.60. The third-order valence-electron chi connectivity index (χ3n) is 6.48. The van der Waals surface area contributed by atoms with E-state index in [-0.39, 0.29) is 24.4 Å². The number of ether oxygens (including phenoxy) is 1. The number of hydrogen-bond donors (Lipinski definition) is 3. The first-order valence-corrected chi connectivity index (χ1v) is 11.8. The molecule has 2 aromatic carbocycles. The summed E-state index contributed by atoms with van der Waals surface area (Å²) in [6, 6.07) is 14.7. The van der Waals surface area contributed by atoms with E-state index in [0.29, 0.717) is 0 Å². The van der Waals surface area contributed by atoms with Crippen LogP contribution in [0.1, 0.15) is 51.7 Å². The van der Waals surface area contributed by atoms with Gasteiger partial charge in [-0.25, -0.2) is 4.79 Å². The van der Waals surface area contributed by atoms with Gasteiger partial charge in [0.1, 0.15) is 12.6 Å².